The van der Waals surface area contributed by atoms with Crippen molar-refractivity contribution in [3.63, 3.8) is 0 Å². The molecule has 0 aromatic heterocycles. The number of carboxylic acid groups (broad SMARTS) is 1. The Kier molecular flexibility index (Phi) is 2.52. The molecule has 0 bridgehead atoms. The monoisotopic (exact) mass is 222 g/mol. The highest BCUT2D eigenvalue weighted by Crippen LogP contribution is 2.36. The van der Waals surface area contributed by atoms with Gasteiger partial charge in [-0.15, -0.1) is 0 Å². The molecule has 0 aliphatic carbocycles. The number of esters is 1. The predicted molar refractivity (Wildman–Crippen MR) is 53.5 cm³/mol. The van der Waals surface area contributed by atoms with Gasteiger partial charge in [-0.2, -0.15) is 0 Å². The van der Waals surface area contributed by atoms with Crippen LogP contribution in [0, 0.1) is 5.92 Å². The fourth-order valence-corrected chi connectivity index (χ4v) is 1.66. The number of benzene rings is 1. The number of hydrogen-bond acceptors (Lipinski definition) is 4. The van der Waals surface area contributed by atoms with Crippen LogP contribution in [0.1, 0.15) is 5.56 Å². The highest BCUT2D eigenvalue weighted by Gasteiger charge is 2.35. The van der Waals surface area contributed by atoms with Crippen LogP contribution in [0.2, 0.25) is 0 Å². The molecule has 5 heteroatoms. The minimum Gasteiger partial charge on any atom is -0.493 e. The average Bonchev–Trinajstić information content (AvgIpc) is 2.27. The van der Waals surface area contributed by atoms with Crippen LogP contribution in [-0.4, -0.2) is 24.2 Å². The zero-order valence-electron chi connectivity index (χ0n) is 8.60. The van der Waals surface area contributed by atoms with Gasteiger partial charge in [-0.25, -0.2) is 0 Å². The summed E-state index contributed by atoms with van der Waals surface area (Å²) < 4.78 is 10.0. The van der Waals surface area contributed by atoms with E-state index >= 15 is 0 Å². The molecule has 0 amide bonds. The summed E-state index contributed by atoms with van der Waals surface area (Å²) in [6.45, 7) is 0. The standard InChI is InChI=1S/C11H10O5/c1-15-8-4-2-3-6-5-7(10(12)13)11(14)16-9(6)8/h2-4,7H,5H2,1H3,(H,12,13). The molecule has 1 heterocycles. The Morgan fingerprint density at radius 3 is 2.94 bits per heavy atom. The Balaban J connectivity index is 2.42. The lowest BCUT2D eigenvalue weighted by molar-refractivity contribution is -0.153. The van der Waals surface area contributed by atoms with E-state index in [-0.39, 0.29) is 6.42 Å². The Bertz CT molecular complexity index is 452. The Hall–Kier alpha value is -2.04. The van der Waals surface area contributed by atoms with Crippen molar-refractivity contribution in [3.05, 3.63) is 23.8 Å². The summed E-state index contributed by atoms with van der Waals surface area (Å²) in [5, 5.41) is 8.83. The maximum absolute atomic E-state index is 11.4. The van der Waals surface area contributed by atoms with Gasteiger partial charge in [0, 0.05) is 12.0 Å². The van der Waals surface area contributed by atoms with Crippen LogP contribution in [0.15, 0.2) is 18.2 Å². The molecule has 1 aromatic carbocycles. The number of carbonyl (C=O) groups is 2. The molecule has 1 aromatic rings. The summed E-state index contributed by atoms with van der Waals surface area (Å²) in [7, 11) is 1.47. The van der Waals surface area contributed by atoms with Gasteiger partial charge in [-0.1, -0.05) is 12.1 Å². The molecular formula is C11H10O5. The highest BCUT2D eigenvalue weighted by atomic mass is 16.6. The third-order valence-electron chi connectivity index (χ3n) is 2.49. The first-order valence-electron chi connectivity index (χ1n) is 4.74. The van der Waals surface area contributed by atoms with Gasteiger partial charge in [0.15, 0.2) is 17.4 Å². The molecular weight excluding hydrogens is 212 g/mol. The molecule has 0 saturated carbocycles. The third-order valence-corrected chi connectivity index (χ3v) is 2.49. The lowest BCUT2D eigenvalue weighted by Gasteiger charge is -2.21. The number of rotatable bonds is 2. The molecule has 1 aliphatic heterocycles. The van der Waals surface area contributed by atoms with Gasteiger partial charge < -0.3 is 14.6 Å². The Morgan fingerprint density at radius 1 is 1.56 bits per heavy atom. The molecule has 0 fully saturated rings. The van der Waals surface area contributed by atoms with Crippen molar-refractivity contribution in [2.75, 3.05) is 7.11 Å². The fourth-order valence-electron chi connectivity index (χ4n) is 1.66. The molecule has 84 valence electrons. The minimum absolute atomic E-state index is 0.140. The average molecular weight is 222 g/mol. The van der Waals surface area contributed by atoms with E-state index in [2.05, 4.69) is 0 Å². The number of methoxy groups -OCH3 is 1. The lowest BCUT2D eigenvalue weighted by atomic mass is 9.96. The van der Waals surface area contributed by atoms with Gasteiger partial charge in [0.25, 0.3) is 0 Å². The van der Waals surface area contributed by atoms with E-state index in [1.165, 1.54) is 7.11 Å². The molecule has 1 N–H and O–H groups in total. The number of carboxylic acids is 1. The van der Waals surface area contributed by atoms with Crippen molar-refractivity contribution in [3.8, 4) is 11.5 Å². The van der Waals surface area contributed by atoms with E-state index in [1.807, 2.05) is 0 Å². The van der Waals surface area contributed by atoms with E-state index in [0.29, 0.717) is 17.1 Å². The quantitative estimate of drug-likeness (QED) is 0.456. The molecule has 0 spiro atoms. The van der Waals surface area contributed by atoms with Crippen LogP contribution in [0.3, 0.4) is 0 Å². The van der Waals surface area contributed by atoms with Crippen molar-refractivity contribution in [1.82, 2.24) is 0 Å². The normalized spacial score (nSPS) is 18.6. The largest absolute Gasteiger partial charge is 0.493 e. The Morgan fingerprint density at radius 2 is 2.31 bits per heavy atom. The molecule has 1 unspecified atom stereocenters. The number of aliphatic carboxylic acids is 1. The van der Waals surface area contributed by atoms with Gasteiger partial charge in [0.2, 0.25) is 0 Å². The number of hydrogen-bond donors (Lipinski definition) is 1. The number of fused-ring (bicyclic) bond motifs is 1. The molecule has 0 saturated heterocycles. The van der Waals surface area contributed by atoms with Gasteiger partial charge in [-0.05, 0) is 6.07 Å². The summed E-state index contributed by atoms with van der Waals surface area (Å²) in [6, 6.07) is 5.11. The Labute approximate surface area is 91.6 Å². The summed E-state index contributed by atoms with van der Waals surface area (Å²) in [5.41, 5.74) is 0.673. The van der Waals surface area contributed by atoms with E-state index in [9.17, 15) is 9.59 Å². The molecule has 0 radical (unpaired) electrons. The van der Waals surface area contributed by atoms with Crippen molar-refractivity contribution < 1.29 is 24.2 Å². The lowest BCUT2D eigenvalue weighted by Crippen LogP contribution is -2.33. The number of ether oxygens (including phenoxy) is 2. The molecule has 5 nitrogen and oxygen atoms in total. The second-order valence-corrected chi connectivity index (χ2v) is 3.46. The fraction of sp³-hybridized carbons (Fsp3) is 0.273. The predicted octanol–water partition coefficient (Wildman–Crippen LogP) is 0.857. The van der Waals surface area contributed by atoms with Gasteiger partial charge in [-0.3, -0.25) is 9.59 Å². The van der Waals surface area contributed by atoms with E-state index in [1.54, 1.807) is 18.2 Å². The SMILES string of the molecule is COc1cccc2c1OC(=O)C(C(=O)O)C2. The van der Waals surface area contributed by atoms with E-state index in [0.717, 1.165) is 0 Å². The maximum atomic E-state index is 11.4. The topological polar surface area (TPSA) is 72.8 Å². The van der Waals surface area contributed by atoms with Crippen molar-refractivity contribution >= 4 is 11.9 Å². The van der Waals surface area contributed by atoms with Crippen molar-refractivity contribution in [2.24, 2.45) is 5.92 Å². The summed E-state index contributed by atoms with van der Waals surface area (Å²) in [4.78, 5) is 22.2. The second-order valence-electron chi connectivity index (χ2n) is 3.46. The highest BCUT2D eigenvalue weighted by molar-refractivity contribution is 5.96. The summed E-state index contributed by atoms with van der Waals surface area (Å²) in [6.07, 6.45) is 0.140. The van der Waals surface area contributed by atoms with Gasteiger partial charge >= 0.3 is 11.9 Å². The zero-order chi connectivity index (χ0) is 11.7. The van der Waals surface area contributed by atoms with Gasteiger partial charge in [0.05, 0.1) is 7.11 Å². The maximum Gasteiger partial charge on any atom is 0.326 e. The van der Waals surface area contributed by atoms with E-state index < -0.39 is 17.9 Å². The van der Waals surface area contributed by atoms with Crippen LogP contribution in [0.5, 0.6) is 11.5 Å². The van der Waals surface area contributed by atoms with Crippen molar-refractivity contribution in [1.29, 1.82) is 0 Å². The summed E-state index contributed by atoms with van der Waals surface area (Å²) in [5.74, 6) is -2.27. The number of para-hydroxylation sites is 1. The first-order valence-corrected chi connectivity index (χ1v) is 4.74. The molecule has 1 atom stereocenters. The molecule has 1 aliphatic rings. The minimum atomic E-state index is -1.17. The zero-order valence-corrected chi connectivity index (χ0v) is 8.60. The first-order chi connectivity index (χ1) is 7.63. The van der Waals surface area contributed by atoms with Crippen LogP contribution in [-0.2, 0) is 16.0 Å². The smallest absolute Gasteiger partial charge is 0.326 e. The second kappa shape index (κ2) is 3.84. The van der Waals surface area contributed by atoms with Crippen LogP contribution < -0.4 is 9.47 Å². The van der Waals surface area contributed by atoms with E-state index in [4.69, 9.17) is 14.6 Å². The summed E-state index contributed by atoms with van der Waals surface area (Å²) >= 11 is 0. The third kappa shape index (κ3) is 1.60. The molecule has 16 heavy (non-hydrogen) atoms. The van der Waals surface area contributed by atoms with Crippen LogP contribution >= 0.6 is 0 Å². The van der Waals surface area contributed by atoms with Crippen molar-refractivity contribution in [2.45, 2.75) is 6.42 Å². The van der Waals surface area contributed by atoms with Crippen LogP contribution in [0.4, 0.5) is 0 Å². The van der Waals surface area contributed by atoms with Gasteiger partial charge in [0.1, 0.15) is 0 Å². The van der Waals surface area contributed by atoms with Crippen LogP contribution in [0.25, 0.3) is 0 Å². The molecule has 2 rings (SSSR count). The number of carbonyl (C=O) groups excluding carboxylic acids is 1. The first kappa shape index (κ1) is 10.5.